The van der Waals surface area contributed by atoms with E-state index in [4.69, 9.17) is 0 Å². The van der Waals surface area contributed by atoms with Gasteiger partial charge in [-0.2, -0.15) is 0 Å². The molecule has 2 heterocycles. The molecule has 0 N–H and O–H groups in total. The van der Waals surface area contributed by atoms with Crippen LogP contribution in [0.2, 0.25) is 0 Å². The van der Waals surface area contributed by atoms with Crippen LogP contribution in [0.5, 0.6) is 0 Å². The largest absolute Gasteiger partial charge is 0.214 e. The molecule has 2 rings (SSSR count). The minimum atomic E-state index is -3.08. The minimum Gasteiger partial charge on any atom is -0.212 e. The van der Waals surface area contributed by atoms with E-state index >= 15 is 0 Å². The van der Waals surface area contributed by atoms with Gasteiger partial charge >= 0.3 is 0 Å². The van der Waals surface area contributed by atoms with Gasteiger partial charge in [-0.3, -0.25) is 0 Å². The van der Waals surface area contributed by atoms with Crippen molar-refractivity contribution in [2.24, 2.45) is 0 Å². The fourth-order valence-corrected chi connectivity index (χ4v) is 4.67. The molecule has 1 aliphatic heterocycles. The monoisotopic (exact) mass is 289 g/mol. The number of aryl methyl sites for hydroxylation is 1. The Bertz CT molecular complexity index is 498. The summed E-state index contributed by atoms with van der Waals surface area (Å²) in [7, 11) is -3.08. The molecular formula is C11H19N3O2S2. The van der Waals surface area contributed by atoms with Gasteiger partial charge in [0.05, 0.1) is 5.75 Å². The average molecular weight is 289 g/mol. The van der Waals surface area contributed by atoms with Crippen molar-refractivity contribution in [2.75, 3.05) is 18.8 Å². The highest BCUT2D eigenvalue weighted by molar-refractivity contribution is 7.89. The van der Waals surface area contributed by atoms with Crippen molar-refractivity contribution in [3.05, 3.63) is 10.0 Å². The molecule has 102 valence electrons. The first-order chi connectivity index (χ1) is 8.53. The van der Waals surface area contributed by atoms with E-state index in [-0.39, 0.29) is 11.7 Å². The van der Waals surface area contributed by atoms with Crippen molar-refractivity contribution in [1.82, 2.24) is 14.5 Å². The number of rotatable bonds is 4. The first-order valence-electron chi connectivity index (χ1n) is 6.30. The van der Waals surface area contributed by atoms with Crippen molar-refractivity contribution in [3.8, 4) is 0 Å². The highest BCUT2D eigenvalue weighted by Gasteiger charge is 2.30. The Morgan fingerprint density at radius 2 is 2.22 bits per heavy atom. The summed E-state index contributed by atoms with van der Waals surface area (Å²) in [6.07, 6.45) is 2.58. The molecule has 1 atom stereocenters. The fraction of sp³-hybridized carbons (Fsp3) is 0.818. The molecule has 1 unspecified atom stereocenters. The van der Waals surface area contributed by atoms with Crippen molar-refractivity contribution in [2.45, 2.75) is 39.0 Å². The SMILES string of the molecule is CCCS(=O)(=O)N1CCCC(c2nnc(C)s2)C1. The first-order valence-corrected chi connectivity index (χ1v) is 8.73. The van der Waals surface area contributed by atoms with E-state index in [1.54, 1.807) is 15.6 Å². The van der Waals surface area contributed by atoms with Gasteiger partial charge in [-0.05, 0) is 26.2 Å². The van der Waals surface area contributed by atoms with Crippen molar-refractivity contribution in [3.63, 3.8) is 0 Å². The van der Waals surface area contributed by atoms with E-state index in [0.29, 0.717) is 19.5 Å². The summed E-state index contributed by atoms with van der Waals surface area (Å²) in [5.74, 6) is 0.464. The third-order valence-electron chi connectivity index (χ3n) is 3.13. The first kappa shape index (κ1) is 13.9. The average Bonchev–Trinajstić information content (AvgIpc) is 2.76. The zero-order chi connectivity index (χ0) is 13.2. The lowest BCUT2D eigenvalue weighted by atomic mass is 10.0. The third kappa shape index (κ3) is 3.07. The maximum Gasteiger partial charge on any atom is 0.214 e. The Hall–Kier alpha value is -0.530. The topological polar surface area (TPSA) is 63.2 Å². The molecule has 0 amide bonds. The van der Waals surface area contributed by atoms with Crippen LogP contribution in [0.4, 0.5) is 0 Å². The van der Waals surface area contributed by atoms with E-state index < -0.39 is 10.0 Å². The van der Waals surface area contributed by atoms with Crippen LogP contribution < -0.4 is 0 Å². The van der Waals surface area contributed by atoms with Gasteiger partial charge in [-0.25, -0.2) is 12.7 Å². The van der Waals surface area contributed by atoms with Gasteiger partial charge in [0.15, 0.2) is 0 Å². The quantitative estimate of drug-likeness (QED) is 0.847. The molecule has 0 aromatic carbocycles. The van der Waals surface area contributed by atoms with E-state index in [2.05, 4.69) is 10.2 Å². The van der Waals surface area contributed by atoms with Crippen molar-refractivity contribution >= 4 is 21.4 Å². The second-order valence-corrected chi connectivity index (χ2v) is 7.97. The number of piperidine rings is 1. The van der Waals surface area contributed by atoms with Crippen LogP contribution in [0.15, 0.2) is 0 Å². The molecule has 0 bridgehead atoms. The predicted octanol–water partition coefficient (Wildman–Crippen LogP) is 1.77. The van der Waals surface area contributed by atoms with Gasteiger partial charge in [0.2, 0.25) is 10.0 Å². The molecule has 1 fully saturated rings. The van der Waals surface area contributed by atoms with E-state index in [9.17, 15) is 8.42 Å². The molecule has 0 aliphatic carbocycles. The van der Waals surface area contributed by atoms with Crippen LogP contribution in [-0.2, 0) is 10.0 Å². The zero-order valence-electron chi connectivity index (χ0n) is 10.8. The van der Waals surface area contributed by atoms with Gasteiger partial charge < -0.3 is 0 Å². The zero-order valence-corrected chi connectivity index (χ0v) is 12.4. The summed E-state index contributed by atoms with van der Waals surface area (Å²) in [6.45, 7) is 5.04. The van der Waals surface area contributed by atoms with Crippen LogP contribution in [-0.4, -0.2) is 41.8 Å². The van der Waals surface area contributed by atoms with Crippen LogP contribution in [0.1, 0.15) is 42.1 Å². The smallest absolute Gasteiger partial charge is 0.212 e. The standard InChI is InChI=1S/C11H19N3O2S2/c1-3-7-18(15,16)14-6-4-5-10(8-14)11-13-12-9(2)17-11/h10H,3-8H2,1-2H3. The Morgan fingerprint density at radius 3 is 2.83 bits per heavy atom. The lowest BCUT2D eigenvalue weighted by Crippen LogP contribution is -2.40. The number of nitrogens with zero attached hydrogens (tertiary/aromatic N) is 3. The molecule has 0 spiro atoms. The maximum absolute atomic E-state index is 12.1. The molecule has 1 saturated heterocycles. The van der Waals surface area contributed by atoms with Gasteiger partial charge in [-0.15, -0.1) is 21.5 Å². The van der Waals surface area contributed by atoms with Crippen LogP contribution in [0, 0.1) is 6.92 Å². The van der Waals surface area contributed by atoms with E-state index in [1.807, 2.05) is 13.8 Å². The summed E-state index contributed by atoms with van der Waals surface area (Å²) >= 11 is 1.58. The normalized spacial score (nSPS) is 22.2. The highest BCUT2D eigenvalue weighted by Crippen LogP contribution is 2.30. The minimum absolute atomic E-state index is 0.219. The number of aromatic nitrogens is 2. The molecule has 1 aromatic rings. The fourth-order valence-electron chi connectivity index (χ4n) is 2.26. The number of hydrogen-bond acceptors (Lipinski definition) is 5. The maximum atomic E-state index is 12.1. The van der Waals surface area contributed by atoms with Gasteiger partial charge in [0, 0.05) is 19.0 Å². The Labute approximate surface area is 112 Å². The Kier molecular flexibility index (Phi) is 4.34. The molecule has 5 nitrogen and oxygen atoms in total. The molecule has 18 heavy (non-hydrogen) atoms. The van der Waals surface area contributed by atoms with Gasteiger partial charge in [-0.1, -0.05) is 6.92 Å². The van der Waals surface area contributed by atoms with E-state index in [0.717, 1.165) is 22.9 Å². The molecular weight excluding hydrogens is 270 g/mol. The molecule has 0 saturated carbocycles. The third-order valence-corrected chi connectivity index (χ3v) is 6.17. The molecule has 7 heteroatoms. The summed E-state index contributed by atoms with van der Waals surface area (Å²) in [5, 5.41) is 10.1. The summed E-state index contributed by atoms with van der Waals surface area (Å²) < 4.78 is 25.7. The predicted molar refractivity (Wildman–Crippen MR) is 72.3 cm³/mol. The highest BCUT2D eigenvalue weighted by atomic mass is 32.2. The Morgan fingerprint density at radius 1 is 1.44 bits per heavy atom. The van der Waals surface area contributed by atoms with E-state index in [1.165, 1.54) is 0 Å². The molecule has 1 aromatic heterocycles. The second kappa shape index (κ2) is 5.63. The lowest BCUT2D eigenvalue weighted by molar-refractivity contribution is 0.314. The number of hydrogen-bond donors (Lipinski definition) is 0. The Balaban J connectivity index is 2.09. The van der Waals surface area contributed by atoms with Crippen LogP contribution in [0.3, 0.4) is 0 Å². The van der Waals surface area contributed by atoms with Gasteiger partial charge in [0.1, 0.15) is 10.0 Å². The molecule has 1 aliphatic rings. The van der Waals surface area contributed by atoms with Crippen molar-refractivity contribution in [1.29, 1.82) is 0 Å². The number of sulfonamides is 1. The van der Waals surface area contributed by atoms with Crippen molar-refractivity contribution < 1.29 is 8.42 Å². The van der Waals surface area contributed by atoms with Crippen LogP contribution >= 0.6 is 11.3 Å². The van der Waals surface area contributed by atoms with Gasteiger partial charge in [0.25, 0.3) is 0 Å². The summed E-state index contributed by atoms with van der Waals surface area (Å²) in [5.41, 5.74) is 0. The summed E-state index contributed by atoms with van der Waals surface area (Å²) in [4.78, 5) is 0. The lowest BCUT2D eigenvalue weighted by Gasteiger charge is -2.30. The molecule has 0 radical (unpaired) electrons. The van der Waals surface area contributed by atoms with Crippen LogP contribution in [0.25, 0.3) is 0 Å². The second-order valence-electron chi connectivity index (χ2n) is 4.67. The summed E-state index contributed by atoms with van der Waals surface area (Å²) in [6, 6.07) is 0.